The van der Waals surface area contributed by atoms with Crippen LogP contribution < -0.4 is 0 Å². The Kier molecular flexibility index (Phi) is 3.24. The lowest BCUT2D eigenvalue weighted by Gasteiger charge is -1.94. The summed E-state index contributed by atoms with van der Waals surface area (Å²) in [5, 5.41) is 0. The predicted molar refractivity (Wildman–Crippen MR) is 66.8 cm³/mol. The van der Waals surface area contributed by atoms with Gasteiger partial charge in [-0.05, 0) is 36.4 Å². The van der Waals surface area contributed by atoms with Crippen LogP contribution in [-0.2, 0) is 0 Å². The third-order valence-corrected chi connectivity index (χ3v) is 2.27. The van der Waals surface area contributed by atoms with Gasteiger partial charge in [-0.15, -0.1) is 6.42 Å². The summed E-state index contributed by atoms with van der Waals surface area (Å²) in [7, 11) is 0. The van der Waals surface area contributed by atoms with E-state index in [2.05, 4.69) is 17.8 Å². The maximum absolute atomic E-state index is 12.7. The smallest absolute Gasteiger partial charge is 0.123 e. The number of halogens is 1. The Labute approximate surface area is 100 Å². The van der Waals surface area contributed by atoms with E-state index in [9.17, 15) is 4.39 Å². The van der Waals surface area contributed by atoms with E-state index in [1.165, 1.54) is 12.1 Å². The van der Waals surface area contributed by atoms with Gasteiger partial charge in [0.2, 0.25) is 0 Å². The minimum atomic E-state index is -0.264. The molecule has 2 aromatic rings. The lowest BCUT2D eigenvalue weighted by Crippen LogP contribution is -1.82. The topological polar surface area (TPSA) is 0 Å². The van der Waals surface area contributed by atoms with Crippen molar-refractivity contribution in [3.05, 3.63) is 71.0 Å². The quantitative estimate of drug-likeness (QED) is 0.598. The highest BCUT2D eigenvalue weighted by atomic mass is 19.1. The molecule has 0 atom stereocenters. The van der Waals surface area contributed by atoms with Gasteiger partial charge in [0, 0.05) is 16.7 Å². The lowest BCUT2D eigenvalue weighted by atomic mass is 10.1. The van der Waals surface area contributed by atoms with E-state index in [0.29, 0.717) is 0 Å². The van der Waals surface area contributed by atoms with Gasteiger partial charge in [-0.25, -0.2) is 4.39 Å². The van der Waals surface area contributed by atoms with Gasteiger partial charge < -0.3 is 0 Å². The van der Waals surface area contributed by atoms with Crippen LogP contribution in [0.3, 0.4) is 0 Å². The molecule has 0 heterocycles. The molecular weight excluding hydrogens is 211 g/mol. The van der Waals surface area contributed by atoms with Gasteiger partial charge in [0.05, 0.1) is 0 Å². The van der Waals surface area contributed by atoms with Crippen molar-refractivity contribution in [1.82, 2.24) is 0 Å². The van der Waals surface area contributed by atoms with E-state index in [1.807, 2.05) is 24.3 Å². The summed E-state index contributed by atoms with van der Waals surface area (Å²) in [6.45, 7) is 0. The Hall–Kier alpha value is -2.51. The SMILES string of the molecule is C#Cc1ccccc1C#Cc1ccc(F)cc1. The van der Waals surface area contributed by atoms with E-state index >= 15 is 0 Å². The summed E-state index contributed by atoms with van der Waals surface area (Å²) >= 11 is 0. The number of terminal acetylenes is 1. The van der Waals surface area contributed by atoms with E-state index in [-0.39, 0.29) is 5.82 Å². The summed E-state index contributed by atoms with van der Waals surface area (Å²) in [4.78, 5) is 0. The first kappa shape index (κ1) is 11.0. The van der Waals surface area contributed by atoms with Crippen molar-refractivity contribution in [2.75, 3.05) is 0 Å². The Morgan fingerprint density at radius 1 is 0.824 bits per heavy atom. The highest BCUT2D eigenvalue weighted by Gasteiger charge is 1.94. The minimum Gasteiger partial charge on any atom is -0.207 e. The van der Waals surface area contributed by atoms with E-state index in [0.717, 1.165) is 16.7 Å². The maximum Gasteiger partial charge on any atom is 0.123 e. The third kappa shape index (κ3) is 2.74. The van der Waals surface area contributed by atoms with Crippen molar-refractivity contribution in [2.24, 2.45) is 0 Å². The van der Waals surface area contributed by atoms with Crippen LogP contribution in [0.2, 0.25) is 0 Å². The first-order valence-electron chi connectivity index (χ1n) is 5.13. The van der Waals surface area contributed by atoms with Gasteiger partial charge in [0.25, 0.3) is 0 Å². The molecule has 0 N–H and O–H groups in total. The molecule has 0 aliphatic carbocycles. The van der Waals surface area contributed by atoms with Crippen LogP contribution in [0.15, 0.2) is 48.5 Å². The Morgan fingerprint density at radius 2 is 1.47 bits per heavy atom. The van der Waals surface area contributed by atoms with Crippen molar-refractivity contribution >= 4 is 0 Å². The molecule has 0 nitrogen and oxygen atoms in total. The normalized spacial score (nSPS) is 8.94. The number of benzene rings is 2. The predicted octanol–water partition coefficient (Wildman–Crippen LogP) is 3.21. The molecule has 1 heteroatoms. The van der Waals surface area contributed by atoms with Gasteiger partial charge in [-0.3, -0.25) is 0 Å². The molecule has 0 bridgehead atoms. The van der Waals surface area contributed by atoms with Crippen molar-refractivity contribution in [3.63, 3.8) is 0 Å². The molecular formula is C16H9F. The first-order chi connectivity index (χ1) is 8.29. The molecule has 0 radical (unpaired) electrons. The molecule has 0 fully saturated rings. The molecule has 17 heavy (non-hydrogen) atoms. The fourth-order valence-electron chi connectivity index (χ4n) is 1.39. The van der Waals surface area contributed by atoms with E-state index < -0.39 is 0 Å². The highest BCUT2D eigenvalue weighted by molar-refractivity contribution is 5.51. The molecule has 0 amide bonds. The second-order valence-corrected chi connectivity index (χ2v) is 3.45. The van der Waals surface area contributed by atoms with Crippen LogP contribution in [0.5, 0.6) is 0 Å². The molecule has 0 saturated heterocycles. The minimum absolute atomic E-state index is 0.264. The van der Waals surface area contributed by atoms with Crippen LogP contribution in [0, 0.1) is 30.0 Å². The van der Waals surface area contributed by atoms with Crippen molar-refractivity contribution in [1.29, 1.82) is 0 Å². The van der Waals surface area contributed by atoms with Crippen LogP contribution in [0.4, 0.5) is 4.39 Å². The summed E-state index contributed by atoms with van der Waals surface area (Å²) in [5.74, 6) is 8.25. The van der Waals surface area contributed by atoms with Crippen LogP contribution >= 0.6 is 0 Å². The molecule has 0 aromatic heterocycles. The number of hydrogen-bond acceptors (Lipinski definition) is 0. The van der Waals surface area contributed by atoms with Crippen LogP contribution in [0.25, 0.3) is 0 Å². The van der Waals surface area contributed by atoms with Gasteiger partial charge >= 0.3 is 0 Å². The van der Waals surface area contributed by atoms with Crippen molar-refractivity contribution in [3.8, 4) is 24.2 Å². The zero-order valence-corrected chi connectivity index (χ0v) is 9.07. The summed E-state index contributed by atoms with van der Waals surface area (Å²) in [6, 6.07) is 13.5. The Morgan fingerprint density at radius 3 is 2.12 bits per heavy atom. The van der Waals surface area contributed by atoms with Crippen LogP contribution in [0.1, 0.15) is 16.7 Å². The van der Waals surface area contributed by atoms with E-state index in [1.54, 1.807) is 12.1 Å². The molecule has 0 spiro atoms. The average molecular weight is 220 g/mol. The molecule has 0 saturated carbocycles. The lowest BCUT2D eigenvalue weighted by molar-refractivity contribution is 0.627. The largest absolute Gasteiger partial charge is 0.207 e. The molecule has 2 rings (SSSR count). The summed E-state index contributed by atoms with van der Waals surface area (Å²) in [6.07, 6.45) is 5.37. The molecule has 0 unspecified atom stereocenters. The summed E-state index contributed by atoms with van der Waals surface area (Å²) in [5.41, 5.74) is 2.33. The number of hydrogen-bond donors (Lipinski definition) is 0. The van der Waals surface area contributed by atoms with Gasteiger partial charge in [-0.2, -0.15) is 0 Å². The van der Waals surface area contributed by atoms with Crippen LogP contribution in [-0.4, -0.2) is 0 Å². The standard InChI is InChI=1S/C16H9F/c1-2-14-5-3-4-6-15(14)10-7-13-8-11-16(17)12-9-13/h1,3-6,8-9,11-12H. The average Bonchev–Trinajstić information content (AvgIpc) is 2.38. The van der Waals surface area contributed by atoms with Crippen molar-refractivity contribution < 1.29 is 4.39 Å². The van der Waals surface area contributed by atoms with Gasteiger partial charge in [0.15, 0.2) is 0 Å². The second-order valence-electron chi connectivity index (χ2n) is 3.45. The number of rotatable bonds is 0. The Balaban J connectivity index is 2.33. The van der Waals surface area contributed by atoms with E-state index in [4.69, 9.17) is 6.42 Å². The van der Waals surface area contributed by atoms with Gasteiger partial charge in [0.1, 0.15) is 5.82 Å². The van der Waals surface area contributed by atoms with Gasteiger partial charge in [-0.1, -0.05) is 29.9 Å². The maximum atomic E-state index is 12.7. The summed E-state index contributed by atoms with van der Waals surface area (Å²) < 4.78 is 12.7. The zero-order valence-electron chi connectivity index (χ0n) is 9.07. The highest BCUT2D eigenvalue weighted by Crippen LogP contribution is 2.06. The fourth-order valence-corrected chi connectivity index (χ4v) is 1.39. The molecule has 2 aromatic carbocycles. The second kappa shape index (κ2) is 5.01. The fraction of sp³-hybridized carbons (Fsp3) is 0. The van der Waals surface area contributed by atoms with Crippen molar-refractivity contribution in [2.45, 2.75) is 0 Å². The molecule has 0 aliphatic heterocycles. The third-order valence-electron chi connectivity index (χ3n) is 2.27. The first-order valence-corrected chi connectivity index (χ1v) is 5.13. The molecule has 0 aliphatic rings. The Bertz CT molecular complexity index is 619. The molecule has 80 valence electrons. The zero-order chi connectivity index (χ0) is 12.1. The monoisotopic (exact) mass is 220 g/mol.